The molecule has 0 radical (unpaired) electrons. The average Bonchev–Trinajstić information content (AvgIpc) is 3.49. The van der Waals surface area contributed by atoms with Crippen LogP contribution in [0.5, 0.6) is 0 Å². The van der Waals surface area contributed by atoms with E-state index in [-0.39, 0.29) is 17.2 Å². The summed E-state index contributed by atoms with van der Waals surface area (Å²) >= 11 is 0. The quantitative estimate of drug-likeness (QED) is 0.477. The zero-order valence-corrected chi connectivity index (χ0v) is 16.2. The molecule has 0 aliphatic rings. The summed E-state index contributed by atoms with van der Waals surface area (Å²) in [4.78, 5) is 4.27. The maximum atomic E-state index is 12.8. The Labute approximate surface area is 166 Å². The number of furan rings is 2. The van der Waals surface area contributed by atoms with E-state index in [9.17, 15) is 13.5 Å². The van der Waals surface area contributed by atoms with Crippen LogP contribution in [0.1, 0.15) is 17.2 Å². The number of rotatable bonds is 7. The van der Waals surface area contributed by atoms with E-state index in [2.05, 4.69) is 9.71 Å². The van der Waals surface area contributed by atoms with Gasteiger partial charge < -0.3 is 18.4 Å². The van der Waals surface area contributed by atoms with Crippen LogP contribution in [0.3, 0.4) is 0 Å². The average molecular weight is 414 g/mol. The van der Waals surface area contributed by atoms with Gasteiger partial charge in [-0.25, -0.2) is 18.1 Å². The predicted molar refractivity (Wildman–Crippen MR) is 102 cm³/mol. The van der Waals surface area contributed by atoms with Crippen LogP contribution < -0.4 is 4.72 Å². The van der Waals surface area contributed by atoms with Crippen molar-refractivity contribution in [2.75, 3.05) is 6.54 Å². The summed E-state index contributed by atoms with van der Waals surface area (Å²) in [6.45, 7) is 1.39. The van der Waals surface area contributed by atoms with Gasteiger partial charge in [-0.05, 0) is 30.3 Å². The van der Waals surface area contributed by atoms with E-state index in [1.54, 1.807) is 37.3 Å². The van der Waals surface area contributed by atoms with Crippen LogP contribution >= 0.6 is 0 Å². The van der Waals surface area contributed by atoms with Crippen molar-refractivity contribution in [2.45, 2.75) is 17.4 Å². The zero-order valence-electron chi connectivity index (χ0n) is 15.4. The lowest BCUT2D eigenvalue weighted by Crippen LogP contribution is -2.41. The van der Waals surface area contributed by atoms with Crippen molar-refractivity contribution in [3.63, 3.8) is 0 Å². The number of sulfonamides is 1. The molecule has 0 spiro atoms. The van der Waals surface area contributed by atoms with Gasteiger partial charge in [-0.3, -0.25) is 0 Å². The maximum absolute atomic E-state index is 12.8. The molecule has 9 heteroatoms. The number of aromatic nitrogens is 1. The Morgan fingerprint density at radius 2 is 1.86 bits per heavy atom. The molecule has 0 saturated heterocycles. The lowest BCUT2D eigenvalue weighted by Gasteiger charge is -2.25. The van der Waals surface area contributed by atoms with Gasteiger partial charge >= 0.3 is 0 Å². The highest BCUT2D eigenvalue weighted by Crippen LogP contribution is 2.30. The monoisotopic (exact) mass is 414 g/mol. The van der Waals surface area contributed by atoms with Crippen molar-refractivity contribution in [2.24, 2.45) is 0 Å². The molecule has 0 aliphatic heterocycles. The van der Waals surface area contributed by atoms with Gasteiger partial charge in [-0.1, -0.05) is 12.1 Å². The van der Waals surface area contributed by atoms with Crippen LogP contribution in [-0.4, -0.2) is 25.1 Å². The number of aliphatic hydroxyl groups is 1. The lowest BCUT2D eigenvalue weighted by molar-refractivity contribution is 0.0613. The Kier molecular flexibility index (Phi) is 4.87. The van der Waals surface area contributed by atoms with Crippen molar-refractivity contribution >= 4 is 10.0 Å². The first-order valence-electron chi connectivity index (χ1n) is 8.70. The van der Waals surface area contributed by atoms with E-state index in [1.807, 2.05) is 0 Å². The minimum Gasteiger partial charge on any atom is -0.472 e. The van der Waals surface area contributed by atoms with E-state index < -0.39 is 15.6 Å². The van der Waals surface area contributed by atoms with Gasteiger partial charge in [-0.15, -0.1) is 0 Å². The largest absolute Gasteiger partial charge is 0.472 e. The number of oxazole rings is 1. The summed E-state index contributed by atoms with van der Waals surface area (Å²) < 4.78 is 43.5. The molecule has 2 N–H and O–H groups in total. The molecule has 0 saturated carbocycles. The Morgan fingerprint density at radius 3 is 2.45 bits per heavy atom. The highest BCUT2D eigenvalue weighted by molar-refractivity contribution is 7.89. The summed E-state index contributed by atoms with van der Waals surface area (Å²) in [5.41, 5.74) is -0.00776. The Morgan fingerprint density at radius 1 is 1.07 bits per heavy atom. The van der Waals surface area contributed by atoms with Crippen LogP contribution in [0.2, 0.25) is 0 Å². The third-order valence-corrected chi connectivity index (χ3v) is 5.94. The molecule has 0 amide bonds. The number of nitrogens with zero attached hydrogens (tertiary/aromatic N) is 1. The molecule has 3 aromatic heterocycles. The molecular weight excluding hydrogens is 396 g/mol. The summed E-state index contributed by atoms with van der Waals surface area (Å²) in [6.07, 6.45) is 5.64. The van der Waals surface area contributed by atoms with Gasteiger partial charge in [0, 0.05) is 18.1 Å². The van der Waals surface area contributed by atoms with Gasteiger partial charge in [0.1, 0.15) is 17.7 Å². The maximum Gasteiger partial charge on any atom is 0.240 e. The minimum absolute atomic E-state index is 0.0513. The zero-order chi connectivity index (χ0) is 20.5. The number of benzene rings is 1. The molecule has 1 atom stereocenters. The third-order valence-electron chi connectivity index (χ3n) is 4.52. The SMILES string of the molecule is Cc1nc(-c2ccc(S(=O)(=O)NCC(O)(c3ccoc3)c3ccco3)cc2)co1. The van der Waals surface area contributed by atoms with E-state index in [0.717, 1.165) is 5.56 Å². The second-order valence-corrected chi connectivity index (χ2v) is 8.22. The van der Waals surface area contributed by atoms with Crippen LogP contribution in [-0.2, 0) is 15.6 Å². The van der Waals surface area contributed by atoms with Crippen molar-refractivity contribution in [1.29, 1.82) is 0 Å². The Bertz CT molecular complexity index is 1140. The number of aryl methyl sites for hydroxylation is 1. The second-order valence-electron chi connectivity index (χ2n) is 6.45. The normalized spacial score (nSPS) is 14.0. The molecule has 0 fully saturated rings. The molecule has 8 nitrogen and oxygen atoms in total. The smallest absolute Gasteiger partial charge is 0.240 e. The first-order valence-corrected chi connectivity index (χ1v) is 10.2. The van der Waals surface area contributed by atoms with Crippen LogP contribution in [0.4, 0.5) is 0 Å². The first kappa shape index (κ1) is 19.2. The molecule has 4 rings (SSSR count). The van der Waals surface area contributed by atoms with E-state index in [0.29, 0.717) is 17.1 Å². The fourth-order valence-corrected chi connectivity index (χ4v) is 3.99. The first-order chi connectivity index (χ1) is 13.9. The van der Waals surface area contributed by atoms with Gasteiger partial charge in [0.25, 0.3) is 0 Å². The minimum atomic E-state index is -3.90. The van der Waals surface area contributed by atoms with Crippen LogP contribution in [0, 0.1) is 6.92 Å². The van der Waals surface area contributed by atoms with Gasteiger partial charge in [0.05, 0.1) is 30.2 Å². The summed E-state index contributed by atoms with van der Waals surface area (Å²) in [6, 6.07) is 10.9. The molecule has 0 aliphatic carbocycles. The fourth-order valence-electron chi connectivity index (χ4n) is 2.93. The standard InChI is InChI=1S/C20H18N2O6S/c1-14-22-18(12-28-14)15-4-6-17(7-5-15)29(24,25)21-13-20(23,16-8-10-26-11-16)19-3-2-9-27-19/h2-12,21,23H,13H2,1H3. The van der Waals surface area contributed by atoms with Gasteiger partial charge in [0.2, 0.25) is 10.0 Å². The lowest BCUT2D eigenvalue weighted by atomic mass is 9.94. The molecule has 0 bridgehead atoms. The summed E-state index contributed by atoms with van der Waals surface area (Å²) in [5.74, 6) is 0.716. The Balaban J connectivity index is 1.56. The highest BCUT2D eigenvalue weighted by Gasteiger charge is 2.37. The van der Waals surface area contributed by atoms with Crippen molar-refractivity contribution in [3.05, 3.63) is 84.7 Å². The molecule has 1 unspecified atom stereocenters. The fraction of sp³-hybridized carbons (Fsp3) is 0.150. The van der Waals surface area contributed by atoms with Gasteiger partial charge in [0.15, 0.2) is 11.5 Å². The Hall–Kier alpha value is -3.14. The third kappa shape index (κ3) is 3.75. The second kappa shape index (κ2) is 7.36. The molecule has 150 valence electrons. The topological polar surface area (TPSA) is 119 Å². The summed E-state index contributed by atoms with van der Waals surface area (Å²) in [5, 5.41) is 11.1. The van der Waals surface area contributed by atoms with E-state index in [4.69, 9.17) is 13.3 Å². The van der Waals surface area contributed by atoms with E-state index in [1.165, 1.54) is 37.2 Å². The van der Waals surface area contributed by atoms with Crippen molar-refractivity contribution < 1.29 is 26.8 Å². The highest BCUT2D eigenvalue weighted by atomic mass is 32.2. The number of hydrogen-bond donors (Lipinski definition) is 2. The molecular formula is C20H18N2O6S. The molecule has 1 aromatic carbocycles. The predicted octanol–water partition coefficient (Wildman–Crippen LogP) is 3.05. The van der Waals surface area contributed by atoms with Gasteiger partial charge in [-0.2, -0.15) is 0 Å². The van der Waals surface area contributed by atoms with Crippen molar-refractivity contribution in [1.82, 2.24) is 9.71 Å². The van der Waals surface area contributed by atoms with Crippen LogP contribution in [0.15, 0.2) is 85.7 Å². The molecule has 4 aromatic rings. The molecule has 3 heterocycles. The van der Waals surface area contributed by atoms with Crippen LogP contribution in [0.25, 0.3) is 11.3 Å². The van der Waals surface area contributed by atoms with Crippen molar-refractivity contribution in [3.8, 4) is 11.3 Å². The molecule has 29 heavy (non-hydrogen) atoms. The van der Waals surface area contributed by atoms with E-state index >= 15 is 0 Å². The summed E-state index contributed by atoms with van der Waals surface area (Å²) in [7, 11) is -3.90. The number of hydrogen-bond acceptors (Lipinski definition) is 7. The number of nitrogens with one attached hydrogen (secondary N) is 1.